The highest BCUT2D eigenvalue weighted by Gasteiger charge is 2.30. The van der Waals surface area contributed by atoms with Gasteiger partial charge in [0.05, 0.1) is 0 Å². The van der Waals surface area contributed by atoms with E-state index in [0.29, 0.717) is 10.6 Å². The second-order valence-corrected chi connectivity index (χ2v) is 3.55. The van der Waals surface area contributed by atoms with Crippen LogP contribution in [0.3, 0.4) is 0 Å². The lowest BCUT2D eigenvalue weighted by Crippen LogP contribution is -2.25. The minimum Gasteiger partial charge on any atom is -0.273 e. The van der Waals surface area contributed by atoms with E-state index in [1.165, 1.54) is 4.68 Å². The summed E-state index contributed by atoms with van der Waals surface area (Å²) in [4.78, 5) is 11.4. The van der Waals surface area contributed by atoms with Gasteiger partial charge in [0.15, 0.2) is 0 Å². The Hall–Kier alpha value is -1.17. The smallest absolute Gasteiger partial charge is 0.242 e. The molecule has 0 aliphatic heterocycles. The van der Waals surface area contributed by atoms with Crippen molar-refractivity contribution in [3.8, 4) is 0 Å². The van der Waals surface area contributed by atoms with Crippen LogP contribution < -0.4 is 5.43 Å². The van der Waals surface area contributed by atoms with Crippen LogP contribution in [0.5, 0.6) is 0 Å². The minimum atomic E-state index is 0.0283. The lowest BCUT2D eigenvalue weighted by molar-refractivity contribution is -0.118. The van der Waals surface area contributed by atoms with Crippen molar-refractivity contribution in [2.75, 3.05) is 5.43 Å². The van der Waals surface area contributed by atoms with Crippen molar-refractivity contribution in [1.82, 2.24) is 14.9 Å². The Morgan fingerprint density at radius 1 is 1.77 bits per heavy atom. The van der Waals surface area contributed by atoms with Gasteiger partial charge in [-0.05, 0) is 32.0 Å². The molecule has 1 heterocycles. The second-order valence-electron chi connectivity index (χ2n) is 3.16. The third kappa shape index (κ3) is 1.62. The zero-order valence-electron chi connectivity index (χ0n) is 7.20. The predicted molar refractivity (Wildman–Crippen MR) is 49.2 cm³/mol. The number of rotatable bonds is 2. The number of carbonyl (C=O) groups is 1. The van der Waals surface area contributed by atoms with E-state index in [2.05, 4.69) is 15.6 Å². The summed E-state index contributed by atoms with van der Waals surface area (Å²) >= 11 is 4.93. The lowest BCUT2D eigenvalue weighted by atomic mass is 10.4. The van der Waals surface area contributed by atoms with Crippen molar-refractivity contribution in [2.45, 2.75) is 19.8 Å². The molecule has 2 rings (SSSR count). The highest BCUT2D eigenvalue weighted by atomic mass is 32.1. The Bertz CT molecular complexity index is 389. The monoisotopic (exact) mass is 198 g/mol. The SMILES string of the molecule is Cc1n[nH]c(=S)n1NC(=O)C1CC1. The van der Waals surface area contributed by atoms with Gasteiger partial charge < -0.3 is 0 Å². The standard InChI is InChI=1S/C7H10N4OS/c1-4-8-9-7(13)11(4)10-6(12)5-2-3-5/h5H,2-3H2,1H3,(H,9,13)(H,10,12). The fourth-order valence-corrected chi connectivity index (χ4v) is 1.28. The Morgan fingerprint density at radius 3 is 2.92 bits per heavy atom. The maximum Gasteiger partial charge on any atom is 0.242 e. The third-order valence-corrected chi connectivity index (χ3v) is 2.28. The van der Waals surface area contributed by atoms with Crippen LogP contribution in [0, 0.1) is 17.6 Å². The first-order valence-electron chi connectivity index (χ1n) is 4.13. The summed E-state index contributed by atoms with van der Waals surface area (Å²) in [7, 11) is 0. The molecule has 0 unspecified atom stereocenters. The van der Waals surface area contributed by atoms with Gasteiger partial charge in [0, 0.05) is 5.92 Å². The van der Waals surface area contributed by atoms with E-state index in [9.17, 15) is 4.79 Å². The van der Waals surface area contributed by atoms with Crippen molar-refractivity contribution < 1.29 is 4.79 Å². The number of aromatic amines is 1. The minimum absolute atomic E-state index is 0.0283. The number of nitrogens with one attached hydrogen (secondary N) is 2. The molecule has 5 nitrogen and oxygen atoms in total. The van der Waals surface area contributed by atoms with Gasteiger partial charge in [-0.15, -0.1) is 0 Å². The Labute approximate surface area is 80.1 Å². The molecule has 2 N–H and O–H groups in total. The number of H-pyrrole nitrogens is 1. The summed E-state index contributed by atoms with van der Waals surface area (Å²) in [6.07, 6.45) is 1.96. The average Bonchev–Trinajstić information content (AvgIpc) is 2.88. The first-order valence-corrected chi connectivity index (χ1v) is 4.54. The Balaban J connectivity index is 2.16. The quantitative estimate of drug-likeness (QED) is 0.689. The van der Waals surface area contributed by atoms with E-state index in [-0.39, 0.29) is 11.8 Å². The summed E-state index contributed by atoms with van der Waals surface area (Å²) < 4.78 is 1.92. The number of nitrogens with zero attached hydrogens (tertiary/aromatic N) is 2. The van der Waals surface area contributed by atoms with Gasteiger partial charge in [0.25, 0.3) is 0 Å². The van der Waals surface area contributed by atoms with Crippen LogP contribution >= 0.6 is 12.2 Å². The molecule has 13 heavy (non-hydrogen) atoms. The zero-order valence-corrected chi connectivity index (χ0v) is 8.02. The number of hydrogen-bond acceptors (Lipinski definition) is 3. The Kier molecular flexibility index (Phi) is 1.91. The van der Waals surface area contributed by atoms with Gasteiger partial charge in [0.2, 0.25) is 10.7 Å². The third-order valence-electron chi connectivity index (χ3n) is 2.01. The molecular weight excluding hydrogens is 188 g/mol. The molecule has 1 aliphatic carbocycles. The number of hydrogen-bond donors (Lipinski definition) is 2. The number of aromatic nitrogens is 3. The fraction of sp³-hybridized carbons (Fsp3) is 0.571. The van der Waals surface area contributed by atoms with Gasteiger partial charge in [-0.25, -0.2) is 4.68 Å². The predicted octanol–water partition coefficient (Wildman–Crippen LogP) is 0.729. The van der Waals surface area contributed by atoms with Crippen LogP contribution in [-0.2, 0) is 4.79 Å². The van der Waals surface area contributed by atoms with E-state index < -0.39 is 0 Å². The average molecular weight is 198 g/mol. The number of aryl methyl sites for hydroxylation is 1. The normalized spacial score (nSPS) is 15.8. The molecule has 0 atom stereocenters. The van der Waals surface area contributed by atoms with Gasteiger partial charge in [-0.2, -0.15) is 5.10 Å². The maximum absolute atomic E-state index is 11.4. The summed E-state index contributed by atoms with van der Waals surface area (Å²) in [6, 6.07) is 0. The zero-order chi connectivity index (χ0) is 9.42. The van der Waals surface area contributed by atoms with Crippen LogP contribution in [0.2, 0.25) is 0 Å². The highest BCUT2D eigenvalue weighted by Crippen LogP contribution is 2.29. The van der Waals surface area contributed by atoms with Crippen LogP contribution in [0.1, 0.15) is 18.7 Å². The van der Waals surface area contributed by atoms with Gasteiger partial charge in [0.1, 0.15) is 5.82 Å². The first kappa shape index (κ1) is 8.43. The molecule has 1 aromatic rings. The maximum atomic E-state index is 11.4. The molecule has 6 heteroatoms. The molecule has 1 amide bonds. The molecule has 0 spiro atoms. The molecule has 1 saturated carbocycles. The molecule has 0 radical (unpaired) electrons. The first-order chi connectivity index (χ1) is 6.18. The number of amides is 1. The summed E-state index contributed by atoms with van der Waals surface area (Å²) in [6.45, 7) is 1.78. The summed E-state index contributed by atoms with van der Waals surface area (Å²) in [5.41, 5.74) is 2.70. The topological polar surface area (TPSA) is 62.7 Å². The Morgan fingerprint density at radius 2 is 2.46 bits per heavy atom. The number of carbonyl (C=O) groups excluding carboxylic acids is 1. The van der Waals surface area contributed by atoms with E-state index in [1.807, 2.05) is 0 Å². The van der Waals surface area contributed by atoms with Crippen molar-refractivity contribution >= 4 is 18.1 Å². The van der Waals surface area contributed by atoms with Crippen LogP contribution in [0.4, 0.5) is 0 Å². The molecule has 1 fully saturated rings. The molecule has 1 aliphatic rings. The highest BCUT2D eigenvalue weighted by molar-refractivity contribution is 7.71. The summed E-state index contributed by atoms with van der Waals surface area (Å²) in [5, 5.41) is 6.48. The van der Waals surface area contributed by atoms with Crippen molar-refractivity contribution in [3.05, 3.63) is 10.6 Å². The van der Waals surface area contributed by atoms with Crippen molar-refractivity contribution in [3.63, 3.8) is 0 Å². The molecule has 70 valence electrons. The van der Waals surface area contributed by atoms with E-state index >= 15 is 0 Å². The van der Waals surface area contributed by atoms with Crippen LogP contribution in [0.15, 0.2) is 0 Å². The molecule has 0 saturated heterocycles. The van der Waals surface area contributed by atoms with Crippen LogP contribution in [0.25, 0.3) is 0 Å². The second kappa shape index (κ2) is 2.95. The van der Waals surface area contributed by atoms with Gasteiger partial charge in [-0.3, -0.25) is 15.3 Å². The van der Waals surface area contributed by atoms with Crippen LogP contribution in [-0.4, -0.2) is 20.8 Å². The fourth-order valence-electron chi connectivity index (χ4n) is 1.05. The summed E-state index contributed by atoms with van der Waals surface area (Å²) in [5.74, 6) is 0.871. The van der Waals surface area contributed by atoms with Crippen molar-refractivity contribution in [2.24, 2.45) is 5.92 Å². The van der Waals surface area contributed by atoms with E-state index in [1.54, 1.807) is 6.92 Å². The molecule has 0 bridgehead atoms. The largest absolute Gasteiger partial charge is 0.273 e. The molecule has 0 aromatic carbocycles. The van der Waals surface area contributed by atoms with Gasteiger partial charge in [-0.1, -0.05) is 0 Å². The van der Waals surface area contributed by atoms with Gasteiger partial charge >= 0.3 is 0 Å². The van der Waals surface area contributed by atoms with E-state index in [0.717, 1.165) is 12.8 Å². The molecular formula is C7H10N4OS. The van der Waals surface area contributed by atoms with E-state index in [4.69, 9.17) is 12.2 Å². The van der Waals surface area contributed by atoms with Crippen molar-refractivity contribution in [1.29, 1.82) is 0 Å². The molecule has 1 aromatic heterocycles. The lowest BCUT2D eigenvalue weighted by Gasteiger charge is -2.04.